The molecule has 0 aliphatic carbocycles. The minimum atomic E-state index is -0.0568. The molecular formula is C16H17N3O. The zero-order chi connectivity index (χ0) is 13.9. The van der Waals surface area contributed by atoms with Gasteiger partial charge in [-0.3, -0.25) is 0 Å². The van der Waals surface area contributed by atoms with Crippen LogP contribution < -0.4 is 0 Å². The van der Waals surface area contributed by atoms with Crippen LogP contribution in [0.1, 0.15) is 23.9 Å². The summed E-state index contributed by atoms with van der Waals surface area (Å²) in [5, 5.41) is 20.0. The highest BCUT2D eigenvalue weighted by Crippen LogP contribution is 2.20. The molecule has 2 aromatic carbocycles. The molecule has 0 atom stereocenters. The van der Waals surface area contributed by atoms with E-state index in [1.807, 2.05) is 16.8 Å². The smallest absolute Gasteiger partial charge is 0.111 e. The Bertz CT molecular complexity index is 728. The average Bonchev–Trinajstić information content (AvgIpc) is 2.89. The van der Waals surface area contributed by atoms with Gasteiger partial charge in [0, 0.05) is 0 Å². The molecule has 0 unspecified atom stereocenters. The van der Waals surface area contributed by atoms with Gasteiger partial charge in [0.25, 0.3) is 0 Å². The van der Waals surface area contributed by atoms with Crippen molar-refractivity contribution in [2.24, 2.45) is 0 Å². The molecule has 4 heteroatoms. The highest BCUT2D eigenvalue weighted by Gasteiger charge is 2.11. The van der Waals surface area contributed by atoms with Gasteiger partial charge in [-0.25, -0.2) is 4.68 Å². The lowest BCUT2D eigenvalue weighted by atomic mass is 10.0. The van der Waals surface area contributed by atoms with Crippen molar-refractivity contribution in [2.75, 3.05) is 0 Å². The molecule has 0 aliphatic heterocycles. The number of hydrogen-bond donors (Lipinski definition) is 1. The average molecular weight is 267 g/mol. The van der Waals surface area contributed by atoms with Gasteiger partial charge >= 0.3 is 0 Å². The van der Waals surface area contributed by atoms with Crippen LogP contribution in [0, 0.1) is 0 Å². The monoisotopic (exact) mass is 267 g/mol. The van der Waals surface area contributed by atoms with Crippen LogP contribution in [0.3, 0.4) is 0 Å². The molecule has 0 saturated heterocycles. The molecule has 0 aliphatic rings. The van der Waals surface area contributed by atoms with Crippen LogP contribution in [0.5, 0.6) is 0 Å². The van der Waals surface area contributed by atoms with E-state index in [1.165, 1.54) is 16.3 Å². The zero-order valence-corrected chi connectivity index (χ0v) is 11.5. The fraction of sp³-hybridized carbons (Fsp3) is 0.250. The summed E-state index contributed by atoms with van der Waals surface area (Å²) in [4.78, 5) is 0. The van der Waals surface area contributed by atoms with Crippen LogP contribution in [-0.4, -0.2) is 20.1 Å². The van der Waals surface area contributed by atoms with Gasteiger partial charge in [-0.2, -0.15) is 0 Å². The Labute approximate surface area is 117 Å². The van der Waals surface area contributed by atoms with E-state index in [0.29, 0.717) is 12.2 Å². The maximum atomic E-state index is 9.28. The van der Waals surface area contributed by atoms with Crippen molar-refractivity contribution in [3.05, 3.63) is 59.4 Å². The molecule has 20 heavy (non-hydrogen) atoms. The molecule has 1 heterocycles. The van der Waals surface area contributed by atoms with E-state index in [4.69, 9.17) is 0 Å². The van der Waals surface area contributed by atoms with Crippen LogP contribution in [0.25, 0.3) is 10.8 Å². The molecule has 102 valence electrons. The number of hydrogen-bond acceptors (Lipinski definition) is 3. The van der Waals surface area contributed by atoms with E-state index >= 15 is 0 Å². The van der Waals surface area contributed by atoms with Crippen molar-refractivity contribution in [2.45, 2.75) is 26.5 Å². The summed E-state index contributed by atoms with van der Waals surface area (Å²) in [5.41, 5.74) is 2.89. The molecule has 0 spiro atoms. The van der Waals surface area contributed by atoms with Gasteiger partial charge in [-0.1, -0.05) is 54.6 Å². The standard InChI is InChI=1S/C16H17N3O/c1-2-16-15(11-20)17-18-19(16)10-13-8-5-7-12-6-3-4-9-14(12)13/h3-9,20H,2,10-11H2,1H3. The van der Waals surface area contributed by atoms with Crippen molar-refractivity contribution in [3.63, 3.8) is 0 Å². The molecule has 0 amide bonds. The first-order valence-corrected chi connectivity index (χ1v) is 6.82. The third-order valence-electron chi connectivity index (χ3n) is 3.60. The number of aliphatic hydroxyl groups is 1. The molecule has 0 radical (unpaired) electrons. The first kappa shape index (κ1) is 12.8. The Kier molecular flexibility index (Phi) is 3.48. The molecule has 1 aromatic heterocycles. The minimum Gasteiger partial charge on any atom is -0.390 e. The fourth-order valence-electron chi connectivity index (χ4n) is 2.60. The van der Waals surface area contributed by atoms with Gasteiger partial charge in [0.15, 0.2) is 0 Å². The summed E-state index contributed by atoms with van der Waals surface area (Å²) >= 11 is 0. The second-order valence-electron chi connectivity index (χ2n) is 4.79. The molecule has 1 N–H and O–H groups in total. The lowest BCUT2D eigenvalue weighted by Gasteiger charge is -2.09. The predicted molar refractivity (Wildman–Crippen MR) is 78.4 cm³/mol. The Morgan fingerprint density at radius 3 is 2.70 bits per heavy atom. The lowest BCUT2D eigenvalue weighted by Crippen LogP contribution is -2.07. The van der Waals surface area contributed by atoms with E-state index in [-0.39, 0.29) is 6.61 Å². The van der Waals surface area contributed by atoms with Crippen molar-refractivity contribution in [1.29, 1.82) is 0 Å². The Morgan fingerprint density at radius 2 is 1.90 bits per heavy atom. The van der Waals surface area contributed by atoms with Crippen LogP contribution in [0.4, 0.5) is 0 Å². The van der Waals surface area contributed by atoms with Crippen LogP contribution in [0.2, 0.25) is 0 Å². The van der Waals surface area contributed by atoms with Crippen molar-refractivity contribution in [3.8, 4) is 0 Å². The van der Waals surface area contributed by atoms with Gasteiger partial charge in [-0.05, 0) is 22.8 Å². The van der Waals surface area contributed by atoms with Gasteiger partial charge in [0.1, 0.15) is 5.69 Å². The van der Waals surface area contributed by atoms with E-state index in [1.54, 1.807) is 0 Å². The number of nitrogens with zero attached hydrogens (tertiary/aromatic N) is 3. The fourth-order valence-corrected chi connectivity index (χ4v) is 2.60. The van der Waals surface area contributed by atoms with Crippen molar-refractivity contribution in [1.82, 2.24) is 15.0 Å². The summed E-state index contributed by atoms with van der Waals surface area (Å²) in [7, 11) is 0. The molecular weight excluding hydrogens is 250 g/mol. The van der Waals surface area contributed by atoms with E-state index in [9.17, 15) is 5.11 Å². The maximum Gasteiger partial charge on any atom is 0.111 e. The topological polar surface area (TPSA) is 50.9 Å². The molecule has 3 rings (SSSR count). The van der Waals surface area contributed by atoms with E-state index in [2.05, 4.69) is 47.6 Å². The molecule has 3 aromatic rings. The lowest BCUT2D eigenvalue weighted by molar-refractivity contribution is 0.275. The summed E-state index contributed by atoms with van der Waals surface area (Å²) in [6, 6.07) is 14.6. The normalized spacial score (nSPS) is 11.1. The number of fused-ring (bicyclic) bond motifs is 1. The van der Waals surface area contributed by atoms with Crippen LogP contribution >= 0.6 is 0 Å². The minimum absolute atomic E-state index is 0.0568. The highest BCUT2D eigenvalue weighted by molar-refractivity contribution is 5.85. The third kappa shape index (κ3) is 2.18. The number of aliphatic hydroxyl groups excluding tert-OH is 1. The first-order chi connectivity index (χ1) is 9.83. The quantitative estimate of drug-likeness (QED) is 0.790. The number of rotatable bonds is 4. The summed E-state index contributed by atoms with van der Waals surface area (Å²) in [6.45, 7) is 2.67. The molecule has 0 saturated carbocycles. The van der Waals surface area contributed by atoms with Crippen molar-refractivity contribution < 1.29 is 5.11 Å². The van der Waals surface area contributed by atoms with Crippen LogP contribution in [0.15, 0.2) is 42.5 Å². The predicted octanol–water partition coefficient (Wildman–Crippen LogP) is 2.53. The Hall–Kier alpha value is -2.20. The first-order valence-electron chi connectivity index (χ1n) is 6.82. The Morgan fingerprint density at radius 1 is 1.10 bits per heavy atom. The largest absolute Gasteiger partial charge is 0.390 e. The second kappa shape index (κ2) is 5.43. The summed E-state index contributed by atoms with van der Waals surface area (Å²) < 4.78 is 1.88. The van der Waals surface area contributed by atoms with Gasteiger partial charge in [0.2, 0.25) is 0 Å². The summed E-state index contributed by atoms with van der Waals surface area (Å²) in [5.74, 6) is 0. The van der Waals surface area contributed by atoms with E-state index in [0.717, 1.165) is 12.1 Å². The Balaban J connectivity index is 2.03. The van der Waals surface area contributed by atoms with E-state index < -0.39 is 0 Å². The van der Waals surface area contributed by atoms with Crippen LogP contribution in [-0.2, 0) is 19.6 Å². The summed E-state index contributed by atoms with van der Waals surface area (Å²) in [6.07, 6.45) is 0.813. The SMILES string of the molecule is CCc1c(CO)nnn1Cc1cccc2ccccc12. The van der Waals surface area contributed by atoms with Crippen molar-refractivity contribution >= 4 is 10.8 Å². The van der Waals surface area contributed by atoms with Gasteiger partial charge in [0.05, 0.1) is 18.8 Å². The second-order valence-corrected chi connectivity index (χ2v) is 4.79. The number of aromatic nitrogens is 3. The van der Waals surface area contributed by atoms with Gasteiger partial charge < -0.3 is 5.11 Å². The van der Waals surface area contributed by atoms with Gasteiger partial charge in [-0.15, -0.1) is 5.10 Å². The number of benzene rings is 2. The highest BCUT2D eigenvalue weighted by atomic mass is 16.3. The maximum absolute atomic E-state index is 9.28. The molecule has 0 bridgehead atoms. The molecule has 4 nitrogen and oxygen atoms in total. The molecule has 0 fully saturated rings. The third-order valence-corrected chi connectivity index (χ3v) is 3.60. The zero-order valence-electron chi connectivity index (χ0n) is 11.5.